The Morgan fingerprint density at radius 1 is 1.15 bits per heavy atom. The zero-order valence-corrected chi connectivity index (χ0v) is 11.6. The van der Waals surface area contributed by atoms with Crippen molar-refractivity contribution < 1.29 is 9.59 Å². The Hall–Kier alpha value is -1.81. The van der Waals surface area contributed by atoms with Crippen LogP contribution in [0.5, 0.6) is 0 Å². The number of nitrogens with zero attached hydrogens (tertiary/aromatic N) is 1. The molecule has 1 saturated heterocycles. The molecule has 0 saturated carbocycles. The van der Waals surface area contributed by atoms with Crippen LogP contribution in [-0.2, 0) is 9.59 Å². The first-order valence-electron chi connectivity index (χ1n) is 6.66. The largest absolute Gasteiger partial charge is 0.367 e. The third kappa shape index (κ3) is 2.31. The van der Waals surface area contributed by atoms with Gasteiger partial charge in [-0.25, -0.2) is 0 Å². The first-order valence-corrected chi connectivity index (χ1v) is 7.04. The third-order valence-corrected chi connectivity index (χ3v) is 4.10. The van der Waals surface area contributed by atoms with Gasteiger partial charge in [-0.15, -0.1) is 0 Å². The number of allylic oxidation sites excluding steroid dienone is 2. The monoisotopic (exact) mass is 290 g/mol. The number of amides is 2. The second kappa shape index (κ2) is 5.29. The smallest absolute Gasteiger partial charge is 0.234 e. The lowest BCUT2D eigenvalue weighted by Crippen LogP contribution is -2.35. The van der Waals surface area contributed by atoms with Crippen LogP contribution in [0.2, 0.25) is 5.02 Å². The topological polar surface area (TPSA) is 49.4 Å². The van der Waals surface area contributed by atoms with Crippen LogP contribution < -0.4 is 5.32 Å². The zero-order chi connectivity index (χ0) is 14.1. The highest BCUT2D eigenvalue weighted by Crippen LogP contribution is 2.34. The summed E-state index contributed by atoms with van der Waals surface area (Å²) < 4.78 is 0. The Morgan fingerprint density at radius 2 is 1.80 bits per heavy atom. The van der Waals surface area contributed by atoms with Gasteiger partial charge in [0.15, 0.2) is 0 Å². The number of carbonyl (C=O) groups excluding carboxylic acids is 2. The summed E-state index contributed by atoms with van der Waals surface area (Å²) in [6.07, 6.45) is 5.31. The van der Waals surface area contributed by atoms with Crippen molar-refractivity contribution >= 4 is 29.1 Å². The molecule has 0 bridgehead atoms. The number of nitrogens with one attached hydrogen (secondary N) is 1. The number of carbonyl (C=O) groups is 2. The van der Waals surface area contributed by atoms with E-state index in [1.807, 2.05) is 24.3 Å². The molecule has 1 fully saturated rings. The molecule has 1 aliphatic heterocycles. The van der Waals surface area contributed by atoms with E-state index in [1.54, 1.807) is 12.1 Å². The fourth-order valence-corrected chi connectivity index (χ4v) is 2.98. The van der Waals surface area contributed by atoms with Crippen molar-refractivity contribution in [3.05, 3.63) is 41.4 Å². The number of halogens is 1. The van der Waals surface area contributed by atoms with Crippen molar-refractivity contribution in [1.29, 1.82) is 0 Å². The lowest BCUT2D eigenvalue weighted by Gasteiger charge is -2.16. The van der Waals surface area contributed by atoms with Crippen molar-refractivity contribution in [2.24, 2.45) is 11.8 Å². The van der Waals surface area contributed by atoms with E-state index >= 15 is 0 Å². The average molecular weight is 291 g/mol. The summed E-state index contributed by atoms with van der Waals surface area (Å²) in [7, 11) is 0. The van der Waals surface area contributed by atoms with E-state index in [2.05, 4.69) is 5.32 Å². The summed E-state index contributed by atoms with van der Waals surface area (Å²) in [5.74, 6) is -0.486. The van der Waals surface area contributed by atoms with E-state index in [0.29, 0.717) is 17.9 Å². The maximum absolute atomic E-state index is 12.2. The van der Waals surface area contributed by atoms with E-state index in [-0.39, 0.29) is 30.3 Å². The Balaban J connectivity index is 1.69. The standard InChI is InChI=1S/C15H15ClN2O2/c16-10-4-3-5-11(8-10)17-9-18-14(19)12-6-1-2-7-13(12)15(18)20/h1-5,8,12-13,17H,6-7,9H2. The lowest BCUT2D eigenvalue weighted by atomic mass is 9.85. The first kappa shape index (κ1) is 13.2. The number of likely N-dealkylation sites (tertiary alicyclic amines) is 1. The van der Waals surface area contributed by atoms with Gasteiger partial charge in [-0.1, -0.05) is 29.8 Å². The van der Waals surface area contributed by atoms with Crippen LogP contribution in [-0.4, -0.2) is 23.4 Å². The SMILES string of the molecule is O=C1C2CC=CCC2C(=O)N1CNc1cccc(Cl)c1. The molecule has 1 aliphatic carbocycles. The summed E-state index contributed by atoms with van der Waals surface area (Å²) in [5.41, 5.74) is 0.797. The van der Waals surface area contributed by atoms with Crippen LogP contribution in [0, 0.1) is 11.8 Å². The molecule has 1 N–H and O–H groups in total. The molecule has 1 heterocycles. The molecule has 0 aromatic heterocycles. The van der Waals surface area contributed by atoms with Gasteiger partial charge in [0.1, 0.15) is 0 Å². The minimum absolute atomic E-state index is 0.0705. The van der Waals surface area contributed by atoms with Gasteiger partial charge in [0, 0.05) is 10.7 Å². The number of benzene rings is 1. The molecule has 20 heavy (non-hydrogen) atoms. The summed E-state index contributed by atoms with van der Waals surface area (Å²) in [4.78, 5) is 25.8. The predicted molar refractivity (Wildman–Crippen MR) is 77.1 cm³/mol. The molecule has 2 aliphatic rings. The number of rotatable bonds is 3. The quantitative estimate of drug-likeness (QED) is 0.688. The molecule has 104 valence electrons. The lowest BCUT2D eigenvalue weighted by molar-refractivity contribution is -0.139. The number of hydrogen-bond donors (Lipinski definition) is 1. The van der Waals surface area contributed by atoms with E-state index in [9.17, 15) is 9.59 Å². The van der Waals surface area contributed by atoms with Crippen molar-refractivity contribution in [3.8, 4) is 0 Å². The summed E-state index contributed by atoms with van der Waals surface area (Å²) >= 11 is 5.90. The second-order valence-electron chi connectivity index (χ2n) is 5.11. The summed E-state index contributed by atoms with van der Waals surface area (Å²) in [5, 5.41) is 3.69. The molecule has 1 aromatic carbocycles. The van der Waals surface area contributed by atoms with Gasteiger partial charge in [0.05, 0.1) is 18.5 Å². The summed E-state index contributed by atoms with van der Waals surface area (Å²) in [6, 6.07) is 7.22. The second-order valence-corrected chi connectivity index (χ2v) is 5.54. The third-order valence-electron chi connectivity index (χ3n) is 3.86. The highest BCUT2D eigenvalue weighted by molar-refractivity contribution is 6.30. The van der Waals surface area contributed by atoms with Crippen LogP contribution in [0.1, 0.15) is 12.8 Å². The first-order chi connectivity index (χ1) is 9.66. The molecule has 2 amide bonds. The summed E-state index contributed by atoms with van der Waals surface area (Å²) in [6.45, 7) is 0.199. The van der Waals surface area contributed by atoms with Crippen molar-refractivity contribution in [3.63, 3.8) is 0 Å². The minimum atomic E-state index is -0.173. The van der Waals surface area contributed by atoms with Gasteiger partial charge >= 0.3 is 0 Å². The number of imide groups is 1. The normalized spacial score (nSPS) is 24.9. The van der Waals surface area contributed by atoms with Crippen LogP contribution >= 0.6 is 11.6 Å². The van der Waals surface area contributed by atoms with E-state index < -0.39 is 0 Å². The van der Waals surface area contributed by atoms with Crippen LogP contribution in [0.4, 0.5) is 5.69 Å². The fraction of sp³-hybridized carbons (Fsp3) is 0.333. The van der Waals surface area contributed by atoms with Crippen LogP contribution in [0.25, 0.3) is 0 Å². The maximum Gasteiger partial charge on any atom is 0.234 e. The highest BCUT2D eigenvalue weighted by Gasteiger charge is 2.46. The van der Waals surface area contributed by atoms with Gasteiger partial charge in [0.25, 0.3) is 0 Å². The van der Waals surface area contributed by atoms with Gasteiger partial charge in [-0.05, 0) is 31.0 Å². The van der Waals surface area contributed by atoms with E-state index in [1.165, 1.54) is 4.90 Å². The Labute approximate surface area is 122 Å². The molecule has 5 heteroatoms. The molecular formula is C15H15ClN2O2. The molecule has 4 nitrogen and oxygen atoms in total. The van der Waals surface area contributed by atoms with Crippen molar-refractivity contribution in [1.82, 2.24) is 4.90 Å². The Kier molecular flexibility index (Phi) is 3.49. The van der Waals surface area contributed by atoms with Crippen molar-refractivity contribution in [2.75, 3.05) is 12.0 Å². The van der Waals surface area contributed by atoms with Gasteiger partial charge in [0.2, 0.25) is 11.8 Å². The number of fused-ring (bicyclic) bond motifs is 1. The zero-order valence-electron chi connectivity index (χ0n) is 10.9. The van der Waals surface area contributed by atoms with Crippen LogP contribution in [0.3, 0.4) is 0 Å². The van der Waals surface area contributed by atoms with Gasteiger partial charge in [-0.3, -0.25) is 14.5 Å². The molecule has 2 atom stereocenters. The molecular weight excluding hydrogens is 276 g/mol. The minimum Gasteiger partial charge on any atom is -0.367 e. The van der Waals surface area contributed by atoms with Crippen molar-refractivity contribution in [2.45, 2.75) is 12.8 Å². The molecule has 0 spiro atoms. The van der Waals surface area contributed by atoms with Gasteiger partial charge in [-0.2, -0.15) is 0 Å². The predicted octanol–water partition coefficient (Wildman–Crippen LogP) is 2.66. The Morgan fingerprint density at radius 3 is 2.40 bits per heavy atom. The molecule has 3 rings (SSSR count). The molecule has 2 unspecified atom stereocenters. The fourth-order valence-electron chi connectivity index (χ4n) is 2.79. The highest BCUT2D eigenvalue weighted by atomic mass is 35.5. The molecule has 0 radical (unpaired) electrons. The average Bonchev–Trinajstić information content (AvgIpc) is 2.70. The van der Waals surface area contributed by atoms with E-state index in [4.69, 9.17) is 11.6 Å². The Bertz CT molecular complexity index is 559. The van der Waals surface area contributed by atoms with Gasteiger partial charge < -0.3 is 5.32 Å². The van der Waals surface area contributed by atoms with Crippen LogP contribution in [0.15, 0.2) is 36.4 Å². The number of hydrogen-bond acceptors (Lipinski definition) is 3. The number of anilines is 1. The molecule has 1 aromatic rings. The maximum atomic E-state index is 12.2. The van der Waals surface area contributed by atoms with E-state index in [0.717, 1.165) is 5.69 Å².